The van der Waals surface area contributed by atoms with Crippen molar-refractivity contribution in [3.8, 4) is 0 Å². The van der Waals surface area contributed by atoms with Crippen molar-refractivity contribution in [3.05, 3.63) is 34.4 Å². The van der Waals surface area contributed by atoms with Gasteiger partial charge in [-0.25, -0.2) is 12.7 Å². The van der Waals surface area contributed by atoms with Crippen LogP contribution in [0.15, 0.2) is 34.2 Å². The first-order valence-corrected chi connectivity index (χ1v) is 9.05. The van der Waals surface area contributed by atoms with Crippen LogP contribution < -0.4 is 0 Å². The van der Waals surface area contributed by atoms with Gasteiger partial charge in [-0.05, 0) is 38.8 Å². The molecule has 0 N–H and O–H groups in total. The molecule has 0 radical (unpaired) electrons. The average molecular weight is 337 g/mol. The molecule has 1 saturated carbocycles. The Bertz CT molecular complexity index is 772. The molecule has 2 aliphatic rings. The number of nitro groups is 1. The lowest BCUT2D eigenvalue weighted by Gasteiger charge is -2.38. The van der Waals surface area contributed by atoms with E-state index in [4.69, 9.17) is 0 Å². The number of hydrogen-bond acceptors (Lipinski definition) is 5. The molecule has 23 heavy (non-hydrogen) atoms. The third-order valence-electron chi connectivity index (χ3n) is 4.75. The summed E-state index contributed by atoms with van der Waals surface area (Å²) in [6.07, 6.45) is 3.69. The Morgan fingerprint density at radius 3 is 2.57 bits per heavy atom. The van der Waals surface area contributed by atoms with Crippen LogP contribution in [0.3, 0.4) is 0 Å². The number of fused-ring (bicyclic) bond motifs is 1. The molecule has 1 fully saturated rings. The third kappa shape index (κ3) is 2.50. The predicted molar refractivity (Wildman–Crippen MR) is 85.9 cm³/mol. The van der Waals surface area contributed by atoms with Gasteiger partial charge >= 0.3 is 0 Å². The SMILES string of the molecule is CC1=N[C@@]2(C)CCCC[C@H]2N1S(=O)(=O)c1ccc([N+](=O)[O-])cc1. The van der Waals surface area contributed by atoms with Gasteiger partial charge in [-0.15, -0.1) is 0 Å². The lowest BCUT2D eigenvalue weighted by Crippen LogP contribution is -2.49. The van der Waals surface area contributed by atoms with E-state index in [1.807, 2.05) is 6.92 Å². The molecular formula is C15H19N3O4S. The Labute approximate surface area is 135 Å². The first kappa shape index (κ1) is 15.9. The second-order valence-corrected chi connectivity index (χ2v) is 8.14. The highest BCUT2D eigenvalue weighted by atomic mass is 32.2. The molecule has 0 unspecified atom stereocenters. The molecule has 7 nitrogen and oxygen atoms in total. The van der Waals surface area contributed by atoms with E-state index in [2.05, 4.69) is 4.99 Å². The van der Waals surface area contributed by atoms with Crippen molar-refractivity contribution in [2.45, 2.75) is 56.0 Å². The summed E-state index contributed by atoms with van der Waals surface area (Å²) in [6, 6.07) is 4.85. The molecule has 1 aromatic rings. The van der Waals surface area contributed by atoms with Crippen LogP contribution in [0.25, 0.3) is 0 Å². The smallest absolute Gasteiger partial charge is 0.263 e. The van der Waals surface area contributed by atoms with Crippen molar-refractivity contribution in [3.63, 3.8) is 0 Å². The summed E-state index contributed by atoms with van der Waals surface area (Å²) >= 11 is 0. The molecule has 0 saturated heterocycles. The molecule has 1 aromatic carbocycles. The number of amidine groups is 1. The van der Waals surface area contributed by atoms with Gasteiger partial charge in [-0.2, -0.15) is 0 Å². The van der Waals surface area contributed by atoms with Gasteiger partial charge in [0.05, 0.1) is 21.4 Å². The monoisotopic (exact) mass is 337 g/mol. The molecule has 1 heterocycles. The zero-order chi connectivity index (χ0) is 16.8. The number of nitro benzene ring substituents is 1. The Balaban J connectivity index is 1.99. The molecule has 1 aliphatic heterocycles. The topological polar surface area (TPSA) is 92.9 Å². The van der Waals surface area contributed by atoms with Crippen molar-refractivity contribution < 1.29 is 13.3 Å². The van der Waals surface area contributed by atoms with Crippen LogP contribution in [0.1, 0.15) is 39.5 Å². The molecule has 0 spiro atoms. The zero-order valence-corrected chi connectivity index (χ0v) is 13.9. The van der Waals surface area contributed by atoms with Crippen molar-refractivity contribution >= 4 is 21.5 Å². The van der Waals surface area contributed by atoms with Crippen molar-refractivity contribution in [2.24, 2.45) is 4.99 Å². The predicted octanol–water partition coefficient (Wildman–Crippen LogP) is 2.72. The fourth-order valence-electron chi connectivity index (χ4n) is 3.64. The van der Waals surface area contributed by atoms with E-state index in [0.29, 0.717) is 5.84 Å². The number of benzene rings is 1. The van der Waals surface area contributed by atoms with E-state index in [9.17, 15) is 18.5 Å². The molecular weight excluding hydrogens is 318 g/mol. The van der Waals surface area contributed by atoms with Crippen LogP contribution in [-0.4, -0.2) is 35.1 Å². The standard InChI is InChI=1S/C15H19N3O4S/c1-11-16-15(2)10-4-3-5-14(15)17(11)23(21,22)13-8-6-12(7-9-13)18(19)20/h6-9,14H,3-5,10H2,1-2H3/t14-,15+/m1/s1. The van der Waals surface area contributed by atoms with Gasteiger partial charge in [0.2, 0.25) is 0 Å². The second kappa shape index (κ2) is 5.30. The maximum Gasteiger partial charge on any atom is 0.269 e. The van der Waals surface area contributed by atoms with E-state index in [0.717, 1.165) is 25.7 Å². The summed E-state index contributed by atoms with van der Waals surface area (Å²) in [5.74, 6) is 0.498. The van der Waals surface area contributed by atoms with Crippen LogP contribution in [0.5, 0.6) is 0 Å². The number of non-ortho nitro benzene ring substituents is 1. The van der Waals surface area contributed by atoms with E-state index >= 15 is 0 Å². The van der Waals surface area contributed by atoms with Gasteiger partial charge in [0.1, 0.15) is 5.84 Å². The summed E-state index contributed by atoms with van der Waals surface area (Å²) < 4.78 is 27.4. The van der Waals surface area contributed by atoms with Gasteiger partial charge in [-0.3, -0.25) is 15.1 Å². The normalized spacial score (nSPS) is 27.5. The van der Waals surface area contributed by atoms with Crippen LogP contribution in [0.2, 0.25) is 0 Å². The number of rotatable bonds is 3. The molecule has 2 atom stereocenters. The maximum atomic E-state index is 13.0. The summed E-state index contributed by atoms with van der Waals surface area (Å²) in [7, 11) is -3.76. The number of hydrogen-bond donors (Lipinski definition) is 0. The Hall–Kier alpha value is -1.96. The number of sulfonamides is 1. The lowest BCUT2D eigenvalue weighted by molar-refractivity contribution is -0.384. The Morgan fingerprint density at radius 1 is 1.30 bits per heavy atom. The highest BCUT2D eigenvalue weighted by molar-refractivity contribution is 7.89. The minimum Gasteiger partial charge on any atom is -0.263 e. The van der Waals surface area contributed by atoms with Crippen molar-refractivity contribution in [2.75, 3.05) is 0 Å². The van der Waals surface area contributed by atoms with Gasteiger partial charge < -0.3 is 0 Å². The highest BCUT2D eigenvalue weighted by Gasteiger charge is 2.49. The molecule has 0 bridgehead atoms. The zero-order valence-electron chi connectivity index (χ0n) is 13.1. The van der Waals surface area contributed by atoms with Crippen molar-refractivity contribution in [1.82, 2.24) is 4.31 Å². The molecule has 1 aliphatic carbocycles. The average Bonchev–Trinajstić information content (AvgIpc) is 2.77. The minimum absolute atomic E-state index is 0.0625. The fraction of sp³-hybridized carbons (Fsp3) is 0.533. The first-order valence-electron chi connectivity index (χ1n) is 7.61. The third-order valence-corrected chi connectivity index (χ3v) is 6.66. The second-order valence-electron chi connectivity index (χ2n) is 6.33. The van der Waals surface area contributed by atoms with Crippen LogP contribution >= 0.6 is 0 Å². The van der Waals surface area contributed by atoms with Gasteiger partial charge in [-0.1, -0.05) is 12.8 Å². The number of nitrogens with zero attached hydrogens (tertiary/aromatic N) is 3. The number of aliphatic imine (C=N–C) groups is 1. The Morgan fingerprint density at radius 2 is 1.96 bits per heavy atom. The quantitative estimate of drug-likeness (QED) is 0.626. The highest BCUT2D eigenvalue weighted by Crippen LogP contribution is 2.42. The summed E-state index contributed by atoms with van der Waals surface area (Å²) in [5.41, 5.74) is -0.492. The van der Waals surface area contributed by atoms with Crippen LogP contribution in [0.4, 0.5) is 5.69 Å². The summed E-state index contributed by atoms with van der Waals surface area (Å²) in [5, 5.41) is 10.7. The molecule has 8 heteroatoms. The van der Waals surface area contributed by atoms with E-state index in [1.54, 1.807) is 6.92 Å². The minimum atomic E-state index is -3.76. The summed E-state index contributed by atoms with van der Waals surface area (Å²) in [4.78, 5) is 14.9. The van der Waals surface area contributed by atoms with Gasteiger partial charge in [0, 0.05) is 12.1 Å². The molecule has 124 valence electrons. The fourth-order valence-corrected chi connectivity index (χ4v) is 5.40. The molecule has 3 rings (SSSR count). The van der Waals surface area contributed by atoms with Crippen molar-refractivity contribution in [1.29, 1.82) is 0 Å². The first-order chi connectivity index (χ1) is 10.8. The molecule has 0 amide bonds. The maximum absolute atomic E-state index is 13.0. The van der Waals surface area contributed by atoms with E-state index in [1.165, 1.54) is 28.6 Å². The molecule has 0 aromatic heterocycles. The lowest BCUT2D eigenvalue weighted by atomic mass is 9.80. The van der Waals surface area contributed by atoms with Gasteiger partial charge in [0.15, 0.2) is 0 Å². The van der Waals surface area contributed by atoms with Crippen LogP contribution in [-0.2, 0) is 10.0 Å². The van der Waals surface area contributed by atoms with E-state index < -0.39 is 14.9 Å². The summed E-state index contributed by atoms with van der Waals surface area (Å²) in [6.45, 7) is 3.72. The largest absolute Gasteiger partial charge is 0.269 e. The van der Waals surface area contributed by atoms with Crippen LogP contribution in [0, 0.1) is 10.1 Å². The van der Waals surface area contributed by atoms with Gasteiger partial charge in [0.25, 0.3) is 15.7 Å². The Kier molecular flexibility index (Phi) is 3.66. The van der Waals surface area contributed by atoms with E-state index in [-0.39, 0.29) is 22.2 Å².